The minimum absolute atomic E-state index is 0.117. The van der Waals surface area contributed by atoms with Gasteiger partial charge >= 0.3 is 0 Å². The van der Waals surface area contributed by atoms with Crippen LogP contribution in [-0.4, -0.2) is 13.0 Å². The Kier molecular flexibility index (Phi) is 3.87. The van der Waals surface area contributed by atoms with Crippen molar-refractivity contribution < 1.29 is 9.53 Å². The van der Waals surface area contributed by atoms with E-state index in [-0.39, 0.29) is 11.4 Å². The predicted octanol–water partition coefficient (Wildman–Crippen LogP) is 5.21. The number of carbonyl (C=O) groups is 1. The van der Waals surface area contributed by atoms with Gasteiger partial charge in [0, 0.05) is 17.5 Å². The number of amides is 1. The molecule has 1 aliphatic heterocycles. The van der Waals surface area contributed by atoms with Crippen molar-refractivity contribution >= 4 is 44.5 Å². The van der Waals surface area contributed by atoms with Gasteiger partial charge in [-0.1, -0.05) is 39.8 Å². The summed E-state index contributed by atoms with van der Waals surface area (Å²) >= 11 is 5.55. The number of anilines is 1. The summed E-state index contributed by atoms with van der Waals surface area (Å²) in [5.41, 5.74) is 2.62. The van der Waals surface area contributed by atoms with Gasteiger partial charge < -0.3 is 9.64 Å². The van der Waals surface area contributed by atoms with Crippen LogP contribution in [0, 0.1) is 3.82 Å². The summed E-state index contributed by atoms with van der Waals surface area (Å²) in [7, 11) is 4.92. The van der Waals surface area contributed by atoms with E-state index in [1.165, 1.54) is 0 Å². The lowest BCUT2D eigenvalue weighted by Gasteiger charge is -2.43. The standard InChI is InChI=1S/C16H17NO2S3/c1-5-12(18)17-11-7-6-9(19-4)8-10(11)13-14(16(17,2)3)21-22-15(13)20/h6-8H,5H2,1-4H3. The summed E-state index contributed by atoms with van der Waals surface area (Å²) in [4.78, 5) is 15.7. The van der Waals surface area contributed by atoms with Crippen molar-refractivity contribution in [2.45, 2.75) is 32.7 Å². The lowest BCUT2D eigenvalue weighted by Crippen LogP contribution is -2.47. The van der Waals surface area contributed by atoms with E-state index in [1.807, 2.05) is 30.0 Å². The van der Waals surface area contributed by atoms with Crippen molar-refractivity contribution in [3.63, 3.8) is 0 Å². The molecule has 0 radical (unpaired) electrons. The number of ether oxygens (including phenoxy) is 1. The molecule has 22 heavy (non-hydrogen) atoms. The van der Waals surface area contributed by atoms with E-state index in [1.54, 1.807) is 27.8 Å². The molecule has 3 rings (SSSR count). The Morgan fingerprint density at radius 2 is 2.09 bits per heavy atom. The minimum atomic E-state index is -0.387. The van der Waals surface area contributed by atoms with Crippen LogP contribution in [0.25, 0.3) is 11.1 Å². The molecule has 0 spiro atoms. The Morgan fingerprint density at radius 1 is 1.36 bits per heavy atom. The third-order valence-electron chi connectivity index (χ3n) is 4.01. The average Bonchev–Trinajstić information content (AvgIpc) is 2.89. The van der Waals surface area contributed by atoms with E-state index in [2.05, 4.69) is 13.8 Å². The van der Waals surface area contributed by atoms with Crippen molar-refractivity contribution in [1.29, 1.82) is 0 Å². The average molecular weight is 352 g/mol. The first-order chi connectivity index (χ1) is 10.4. The van der Waals surface area contributed by atoms with Crippen molar-refractivity contribution in [1.82, 2.24) is 0 Å². The van der Waals surface area contributed by atoms with Crippen LogP contribution in [0.5, 0.6) is 5.75 Å². The fraction of sp³-hybridized carbons (Fsp3) is 0.375. The maximum Gasteiger partial charge on any atom is 0.227 e. The van der Waals surface area contributed by atoms with Crippen LogP contribution in [0.4, 0.5) is 5.69 Å². The first-order valence-corrected chi connectivity index (χ1v) is 9.62. The fourth-order valence-corrected chi connectivity index (χ4v) is 6.22. The van der Waals surface area contributed by atoms with E-state index in [0.717, 1.165) is 31.3 Å². The number of nitrogens with zero attached hydrogens (tertiary/aromatic N) is 1. The minimum Gasteiger partial charge on any atom is -0.497 e. The van der Waals surface area contributed by atoms with Gasteiger partial charge in [0.25, 0.3) is 0 Å². The van der Waals surface area contributed by atoms with Crippen molar-refractivity contribution in [2.24, 2.45) is 0 Å². The van der Waals surface area contributed by atoms with Gasteiger partial charge in [0.15, 0.2) is 0 Å². The van der Waals surface area contributed by atoms with Crippen LogP contribution in [0.3, 0.4) is 0 Å². The second-order valence-electron chi connectivity index (χ2n) is 5.68. The monoisotopic (exact) mass is 351 g/mol. The van der Waals surface area contributed by atoms with Gasteiger partial charge in [-0.05, 0) is 32.0 Å². The highest BCUT2D eigenvalue weighted by Gasteiger charge is 2.42. The van der Waals surface area contributed by atoms with Crippen molar-refractivity contribution in [3.8, 4) is 16.9 Å². The maximum atomic E-state index is 12.6. The van der Waals surface area contributed by atoms with Gasteiger partial charge in [-0.25, -0.2) is 0 Å². The van der Waals surface area contributed by atoms with Gasteiger partial charge in [0.1, 0.15) is 9.57 Å². The highest BCUT2D eigenvalue weighted by Crippen LogP contribution is 2.52. The topological polar surface area (TPSA) is 29.5 Å². The summed E-state index contributed by atoms with van der Waals surface area (Å²) in [6, 6.07) is 5.84. The molecule has 0 unspecified atom stereocenters. The number of methoxy groups -OCH3 is 1. The number of fused-ring (bicyclic) bond motifs is 3. The fourth-order valence-electron chi connectivity index (χ4n) is 2.94. The van der Waals surface area contributed by atoms with Crippen LogP contribution in [0.2, 0.25) is 0 Å². The number of hydrogen-bond acceptors (Lipinski definition) is 5. The Labute approximate surface area is 142 Å². The molecule has 0 aliphatic carbocycles. The zero-order valence-electron chi connectivity index (χ0n) is 12.9. The largest absolute Gasteiger partial charge is 0.497 e. The van der Waals surface area contributed by atoms with E-state index < -0.39 is 0 Å². The quantitative estimate of drug-likeness (QED) is 0.550. The second kappa shape index (κ2) is 5.44. The summed E-state index contributed by atoms with van der Waals surface area (Å²) in [5, 5.41) is 0. The van der Waals surface area contributed by atoms with E-state index in [9.17, 15) is 4.79 Å². The summed E-state index contributed by atoms with van der Waals surface area (Å²) in [6.45, 7) is 6.07. The number of hydrogen-bond donors (Lipinski definition) is 0. The molecule has 1 aromatic carbocycles. The summed E-state index contributed by atoms with van der Waals surface area (Å²) in [6.07, 6.45) is 0.472. The van der Waals surface area contributed by atoms with Crippen molar-refractivity contribution in [2.75, 3.05) is 12.0 Å². The van der Waals surface area contributed by atoms with E-state index >= 15 is 0 Å². The molecule has 0 saturated heterocycles. The molecule has 0 saturated carbocycles. The first kappa shape index (κ1) is 15.6. The van der Waals surface area contributed by atoms with Crippen molar-refractivity contribution in [3.05, 3.63) is 26.9 Å². The third-order valence-corrected chi connectivity index (χ3v) is 7.34. The molecule has 116 valence electrons. The lowest BCUT2D eigenvalue weighted by atomic mass is 9.87. The molecule has 3 nitrogen and oxygen atoms in total. The van der Waals surface area contributed by atoms with E-state index in [4.69, 9.17) is 17.0 Å². The van der Waals surface area contributed by atoms with Gasteiger partial charge in [0.05, 0.1) is 23.2 Å². The normalized spacial score (nSPS) is 15.2. The van der Waals surface area contributed by atoms with Gasteiger partial charge in [-0.2, -0.15) is 0 Å². The smallest absolute Gasteiger partial charge is 0.227 e. The first-order valence-electron chi connectivity index (χ1n) is 7.07. The molecule has 1 aliphatic rings. The zero-order valence-corrected chi connectivity index (χ0v) is 15.4. The molecule has 0 bridgehead atoms. The molecule has 0 atom stereocenters. The summed E-state index contributed by atoms with van der Waals surface area (Å²) in [5.74, 6) is 0.894. The number of carbonyl (C=O) groups excluding carboxylic acids is 1. The highest BCUT2D eigenvalue weighted by molar-refractivity contribution is 7.80. The molecule has 6 heteroatoms. The lowest BCUT2D eigenvalue weighted by molar-refractivity contribution is -0.119. The molecule has 0 fully saturated rings. The SMILES string of the molecule is CCC(=O)N1c2ccc(OC)cc2-c2c(ssc2=S)C1(C)C. The number of benzene rings is 1. The number of rotatable bonds is 2. The summed E-state index contributed by atoms with van der Waals surface area (Å²) < 4.78 is 6.24. The molecule has 1 amide bonds. The van der Waals surface area contributed by atoms with Crippen LogP contribution in [-0.2, 0) is 10.3 Å². The van der Waals surface area contributed by atoms with Crippen LogP contribution in [0.15, 0.2) is 18.2 Å². The van der Waals surface area contributed by atoms with Gasteiger partial charge in [-0.3, -0.25) is 4.79 Å². The van der Waals surface area contributed by atoms with Gasteiger partial charge in [0.2, 0.25) is 5.91 Å². The molecule has 0 N–H and O–H groups in total. The Balaban J connectivity index is 2.36. The van der Waals surface area contributed by atoms with Gasteiger partial charge in [-0.15, -0.1) is 0 Å². The third kappa shape index (κ3) is 2.13. The predicted molar refractivity (Wildman–Crippen MR) is 95.8 cm³/mol. The molecule has 1 aromatic heterocycles. The molecule has 2 heterocycles. The Morgan fingerprint density at radius 3 is 2.73 bits per heavy atom. The molecular formula is C16H17NO2S3. The molecular weight excluding hydrogens is 334 g/mol. The molecule has 2 aromatic rings. The van der Waals surface area contributed by atoms with Crippen LogP contribution in [0.1, 0.15) is 32.1 Å². The van der Waals surface area contributed by atoms with Crippen LogP contribution >= 0.6 is 32.9 Å². The Hall–Kier alpha value is -1.24. The Bertz CT molecular complexity index is 804. The zero-order chi connectivity index (χ0) is 16.1. The van der Waals surface area contributed by atoms with Crippen LogP contribution < -0.4 is 9.64 Å². The van der Waals surface area contributed by atoms with E-state index in [0.29, 0.717) is 6.42 Å². The second-order valence-corrected chi connectivity index (χ2v) is 8.50. The highest BCUT2D eigenvalue weighted by atomic mass is 32.9. The maximum absolute atomic E-state index is 12.6.